The van der Waals surface area contributed by atoms with E-state index < -0.39 is 11.7 Å². The van der Waals surface area contributed by atoms with Crippen molar-refractivity contribution >= 4 is 11.7 Å². The van der Waals surface area contributed by atoms with Crippen molar-refractivity contribution in [3.05, 3.63) is 53.7 Å². The number of nitrogen functional groups attached to an aromatic ring is 1. The Hall–Kier alpha value is -3.36. The van der Waals surface area contributed by atoms with Crippen molar-refractivity contribution in [1.82, 2.24) is 25.3 Å². The Morgan fingerprint density at radius 2 is 2.17 bits per heavy atom. The Balaban J connectivity index is 1.77. The summed E-state index contributed by atoms with van der Waals surface area (Å²) in [5.41, 5.74) is 7.14. The average Bonchev–Trinajstić information content (AvgIpc) is 3.10. The van der Waals surface area contributed by atoms with E-state index in [1.165, 1.54) is 24.6 Å². The summed E-state index contributed by atoms with van der Waals surface area (Å²) in [7, 11) is 0. The molecule has 0 fully saturated rings. The molecule has 9 heteroatoms. The Labute approximate surface area is 136 Å². The predicted octanol–water partition coefficient (Wildman–Crippen LogP) is 1.49. The number of halogens is 1. The molecule has 0 atom stereocenters. The molecule has 0 unspecified atom stereocenters. The number of carbonyl (C=O) groups excluding carboxylic acids is 1. The molecule has 0 aliphatic carbocycles. The minimum atomic E-state index is -0.506. The number of hydrogen-bond acceptors (Lipinski definition) is 7. The quantitative estimate of drug-likeness (QED) is 0.744. The number of hydrogen-bond donors (Lipinski definition) is 2. The van der Waals surface area contributed by atoms with Crippen LogP contribution < -0.4 is 11.1 Å². The van der Waals surface area contributed by atoms with Crippen LogP contribution in [0, 0.1) is 12.7 Å². The van der Waals surface area contributed by atoms with Crippen LogP contribution >= 0.6 is 0 Å². The van der Waals surface area contributed by atoms with Crippen LogP contribution in [0.1, 0.15) is 21.9 Å². The molecule has 3 heterocycles. The van der Waals surface area contributed by atoms with Gasteiger partial charge in [0.15, 0.2) is 11.5 Å². The van der Waals surface area contributed by atoms with Crippen LogP contribution in [-0.4, -0.2) is 25.8 Å². The van der Waals surface area contributed by atoms with E-state index in [1.807, 2.05) is 0 Å². The maximum Gasteiger partial charge on any atom is 0.274 e. The number of aryl methyl sites for hydroxylation is 1. The largest absolute Gasteiger partial charge is 0.443 e. The highest BCUT2D eigenvalue weighted by Gasteiger charge is 2.18. The van der Waals surface area contributed by atoms with E-state index in [2.05, 4.69) is 25.3 Å². The van der Waals surface area contributed by atoms with Crippen molar-refractivity contribution in [3.63, 3.8) is 0 Å². The first kappa shape index (κ1) is 15.5. The van der Waals surface area contributed by atoms with E-state index in [9.17, 15) is 9.18 Å². The summed E-state index contributed by atoms with van der Waals surface area (Å²) in [5, 5.41) is 2.61. The van der Waals surface area contributed by atoms with Crippen molar-refractivity contribution in [2.45, 2.75) is 13.5 Å². The number of nitrogens with one attached hydrogen (secondary N) is 1. The minimum Gasteiger partial charge on any atom is -0.443 e. The SMILES string of the molecule is Cc1nc(C(=O)NCc2ccc(F)cn2)c(N)nc1-c1ncco1. The molecule has 8 nitrogen and oxygen atoms in total. The van der Waals surface area contributed by atoms with Crippen molar-refractivity contribution < 1.29 is 13.6 Å². The van der Waals surface area contributed by atoms with Gasteiger partial charge in [-0.05, 0) is 19.1 Å². The van der Waals surface area contributed by atoms with Crippen LogP contribution in [0.4, 0.5) is 10.2 Å². The Kier molecular flexibility index (Phi) is 4.15. The molecule has 0 aliphatic rings. The molecular weight excluding hydrogens is 315 g/mol. The van der Waals surface area contributed by atoms with Crippen molar-refractivity contribution in [3.8, 4) is 11.6 Å². The molecule has 122 valence electrons. The van der Waals surface area contributed by atoms with Gasteiger partial charge in [0.25, 0.3) is 5.91 Å². The lowest BCUT2D eigenvalue weighted by atomic mass is 10.2. The molecule has 1 amide bonds. The number of anilines is 1. The van der Waals surface area contributed by atoms with Gasteiger partial charge in [-0.3, -0.25) is 9.78 Å². The third-order valence-electron chi connectivity index (χ3n) is 3.17. The molecule has 0 radical (unpaired) electrons. The van der Waals surface area contributed by atoms with E-state index in [1.54, 1.807) is 6.92 Å². The Morgan fingerprint density at radius 3 is 2.83 bits per heavy atom. The number of nitrogens with zero attached hydrogens (tertiary/aromatic N) is 4. The molecule has 0 saturated heterocycles. The zero-order valence-electron chi connectivity index (χ0n) is 12.7. The minimum absolute atomic E-state index is 0.00934. The maximum absolute atomic E-state index is 12.8. The first-order valence-corrected chi connectivity index (χ1v) is 6.97. The van der Waals surface area contributed by atoms with E-state index in [4.69, 9.17) is 10.2 Å². The molecule has 3 aromatic heterocycles. The second kappa shape index (κ2) is 6.41. The highest BCUT2D eigenvalue weighted by molar-refractivity contribution is 5.96. The summed E-state index contributed by atoms with van der Waals surface area (Å²) >= 11 is 0. The lowest BCUT2D eigenvalue weighted by Crippen LogP contribution is -2.26. The molecule has 24 heavy (non-hydrogen) atoms. The van der Waals surface area contributed by atoms with E-state index >= 15 is 0 Å². The monoisotopic (exact) mass is 328 g/mol. The van der Waals surface area contributed by atoms with Gasteiger partial charge < -0.3 is 15.5 Å². The van der Waals surface area contributed by atoms with Crippen LogP contribution in [0.5, 0.6) is 0 Å². The first-order chi connectivity index (χ1) is 11.5. The number of aromatic nitrogens is 4. The highest BCUT2D eigenvalue weighted by atomic mass is 19.1. The summed E-state index contributed by atoms with van der Waals surface area (Å²) in [4.78, 5) is 28.4. The summed E-state index contributed by atoms with van der Waals surface area (Å²) < 4.78 is 18.0. The normalized spacial score (nSPS) is 10.6. The molecule has 3 N–H and O–H groups in total. The van der Waals surface area contributed by atoms with Crippen molar-refractivity contribution in [2.75, 3.05) is 5.73 Å². The number of amides is 1. The van der Waals surface area contributed by atoms with Crippen LogP contribution in [0.3, 0.4) is 0 Å². The van der Waals surface area contributed by atoms with Gasteiger partial charge in [-0.1, -0.05) is 0 Å². The lowest BCUT2D eigenvalue weighted by Gasteiger charge is -2.08. The fourth-order valence-electron chi connectivity index (χ4n) is 2.01. The second-order valence-electron chi connectivity index (χ2n) is 4.88. The average molecular weight is 328 g/mol. The molecule has 0 aliphatic heterocycles. The fraction of sp³-hybridized carbons (Fsp3) is 0.133. The molecule has 0 saturated carbocycles. The molecule has 3 aromatic rings. The first-order valence-electron chi connectivity index (χ1n) is 6.97. The zero-order chi connectivity index (χ0) is 17.1. The molecule has 3 rings (SSSR count). The smallest absolute Gasteiger partial charge is 0.274 e. The second-order valence-corrected chi connectivity index (χ2v) is 4.88. The molecule has 0 aromatic carbocycles. The predicted molar refractivity (Wildman–Crippen MR) is 82.0 cm³/mol. The molecular formula is C15H13FN6O2. The van der Waals surface area contributed by atoms with Gasteiger partial charge in [0, 0.05) is 0 Å². The van der Waals surface area contributed by atoms with Crippen LogP contribution in [0.25, 0.3) is 11.6 Å². The number of pyridine rings is 1. The van der Waals surface area contributed by atoms with Gasteiger partial charge in [-0.15, -0.1) is 0 Å². The topological polar surface area (TPSA) is 120 Å². The van der Waals surface area contributed by atoms with Crippen molar-refractivity contribution in [1.29, 1.82) is 0 Å². The summed E-state index contributed by atoms with van der Waals surface area (Å²) in [6, 6.07) is 2.74. The van der Waals surface area contributed by atoms with Gasteiger partial charge >= 0.3 is 0 Å². The van der Waals surface area contributed by atoms with Gasteiger partial charge in [-0.25, -0.2) is 19.3 Å². The fourth-order valence-corrected chi connectivity index (χ4v) is 2.01. The van der Waals surface area contributed by atoms with E-state index in [-0.39, 0.29) is 23.9 Å². The maximum atomic E-state index is 12.8. The van der Waals surface area contributed by atoms with Crippen LogP contribution in [-0.2, 0) is 6.54 Å². The van der Waals surface area contributed by atoms with Crippen LogP contribution in [0.2, 0.25) is 0 Å². The number of carbonyl (C=O) groups is 1. The van der Waals surface area contributed by atoms with E-state index in [0.29, 0.717) is 17.1 Å². The third kappa shape index (κ3) is 3.19. The van der Waals surface area contributed by atoms with Crippen LogP contribution in [0.15, 0.2) is 35.2 Å². The Morgan fingerprint density at radius 1 is 1.33 bits per heavy atom. The molecule has 0 spiro atoms. The van der Waals surface area contributed by atoms with Gasteiger partial charge in [0.2, 0.25) is 5.89 Å². The Bertz CT molecular complexity index is 864. The number of oxazole rings is 1. The summed E-state index contributed by atoms with van der Waals surface area (Å²) in [6.07, 6.45) is 3.96. The summed E-state index contributed by atoms with van der Waals surface area (Å²) in [5.74, 6) is -0.723. The van der Waals surface area contributed by atoms with Gasteiger partial charge in [0.05, 0.1) is 30.3 Å². The summed E-state index contributed by atoms with van der Waals surface area (Å²) in [6.45, 7) is 1.78. The lowest BCUT2D eigenvalue weighted by molar-refractivity contribution is 0.0946. The van der Waals surface area contributed by atoms with Gasteiger partial charge in [0.1, 0.15) is 17.8 Å². The standard InChI is InChI=1S/C15H13FN6O2/c1-8-11(15-18-4-5-24-15)22-13(17)12(21-8)14(23)20-7-10-3-2-9(16)6-19-10/h2-6H,7H2,1H3,(H2,17,22)(H,20,23). The molecule has 0 bridgehead atoms. The van der Waals surface area contributed by atoms with Gasteiger partial charge in [-0.2, -0.15) is 0 Å². The zero-order valence-corrected chi connectivity index (χ0v) is 12.7. The number of nitrogens with two attached hydrogens (primary N) is 1. The third-order valence-corrected chi connectivity index (χ3v) is 3.17. The van der Waals surface area contributed by atoms with E-state index in [0.717, 1.165) is 6.20 Å². The van der Waals surface area contributed by atoms with Crippen molar-refractivity contribution in [2.24, 2.45) is 0 Å². The highest BCUT2D eigenvalue weighted by Crippen LogP contribution is 2.20. The number of rotatable bonds is 4.